The van der Waals surface area contributed by atoms with E-state index in [1.165, 1.54) is 0 Å². The van der Waals surface area contributed by atoms with Gasteiger partial charge in [0.25, 0.3) is 0 Å². The normalized spacial score (nSPS) is 10.4. The maximum Gasteiger partial charge on any atom is 0.242 e. The number of carbonyl (C=O) groups is 1. The van der Waals surface area contributed by atoms with Crippen LogP contribution in [0.1, 0.15) is 19.4 Å². The highest BCUT2D eigenvalue weighted by Crippen LogP contribution is 2.28. The van der Waals surface area contributed by atoms with E-state index in [1.54, 1.807) is 0 Å². The number of nitrogens with zero attached hydrogens (tertiary/aromatic N) is 2. The van der Waals surface area contributed by atoms with Crippen LogP contribution in [0.15, 0.2) is 12.1 Å². The van der Waals surface area contributed by atoms with E-state index in [0.717, 1.165) is 24.3 Å². The van der Waals surface area contributed by atoms with Crippen LogP contribution in [0.5, 0.6) is 0 Å². The Morgan fingerprint density at radius 2 is 1.89 bits per heavy atom. The molecule has 1 aromatic carbocycles. The summed E-state index contributed by atoms with van der Waals surface area (Å²) in [5.41, 5.74) is 8.26. The Morgan fingerprint density at radius 3 is 2.42 bits per heavy atom. The zero-order chi connectivity index (χ0) is 14.6. The van der Waals surface area contributed by atoms with Crippen molar-refractivity contribution in [3.05, 3.63) is 22.7 Å². The summed E-state index contributed by atoms with van der Waals surface area (Å²) in [4.78, 5) is 15.8. The van der Waals surface area contributed by atoms with Crippen molar-refractivity contribution in [3.63, 3.8) is 0 Å². The number of carbonyl (C=O) groups excluding carboxylic acids is 1. The van der Waals surface area contributed by atoms with Gasteiger partial charge in [-0.1, -0.05) is 11.6 Å². The van der Waals surface area contributed by atoms with E-state index in [-0.39, 0.29) is 5.91 Å². The number of amides is 1. The van der Waals surface area contributed by atoms with E-state index in [1.807, 2.05) is 49.8 Å². The molecule has 0 unspecified atom stereocenters. The summed E-state index contributed by atoms with van der Waals surface area (Å²) in [6.45, 7) is 7.71. The monoisotopic (exact) mass is 283 g/mol. The Balaban J connectivity index is 2.86. The molecule has 2 N–H and O–H groups in total. The summed E-state index contributed by atoms with van der Waals surface area (Å²) >= 11 is 6.04. The summed E-state index contributed by atoms with van der Waals surface area (Å²) < 4.78 is 0. The minimum atomic E-state index is 0.111. The Hall–Kier alpha value is -1.42. The molecule has 4 nitrogen and oxygen atoms in total. The van der Waals surface area contributed by atoms with Crippen molar-refractivity contribution in [3.8, 4) is 0 Å². The number of rotatable bonds is 5. The third-order valence-corrected chi connectivity index (χ3v) is 3.54. The lowest BCUT2D eigenvalue weighted by molar-refractivity contribution is -0.129. The van der Waals surface area contributed by atoms with Crippen LogP contribution >= 0.6 is 11.6 Å². The van der Waals surface area contributed by atoms with Crippen LogP contribution in [0.3, 0.4) is 0 Å². The Bertz CT molecular complexity index is 458. The van der Waals surface area contributed by atoms with E-state index in [2.05, 4.69) is 0 Å². The van der Waals surface area contributed by atoms with Crippen LogP contribution < -0.4 is 10.6 Å². The molecule has 0 spiro atoms. The number of anilines is 2. The highest BCUT2D eigenvalue weighted by molar-refractivity contribution is 6.33. The van der Waals surface area contributed by atoms with Crippen LogP contribution in [0.2, 0.25) is 5.02 Å². The minimum absolute atomic E-state index is 0.111. The molecule has 0 atom stereocenters. The molecule has 106 valence electrons. The van der Waals surface area contributed by atoms with E-state index in [4.69, 9.17) is 17.3 Å². The summed E-state index contributed by atoms with van der Waals surface area (Å²) in [6, 6.07) is 3.64. The van der Waals surface area contributed by atoms with Gasteiger partial charge in [-0.05, 0) is 38.5 Å². The molecule has 0 aromatic heterocycles. The molecule has 0 aliphatic heterocycles. The fourth-order valence-corrected chi connectivity index (χ4v) is 2.23. The molecule has 0 bridgehead atoms. The van der Waals surface area contributed by atoms with E-state index in [9.17, 15) is 4.79 Å². The van der Waals surface area contributed by atoms with E-state index < -0.39 is 0 Å². The van der Waals surface area contributed by atoms with Crippen molar-refractivity contribution in [2.24, 2.45) is 0 Å². The lowest BCUT2D eigenvalue weighted by Crippen LogP contribution is -2.39. The fourth-order valence-electron chi connectivity index (χ4n) is 2.07. The van der Waals surface area contributed by atoms with Gasteiger partial charge in [-0.2, -0.15) is 0 Å². The molecule has 1 aromatic rings. The Labute approximate surface area is 120 Å². The largest absolute Gasteiger partial charge is 0.398 e. The molecular formula is C14H22ClN3O. The molecular weight excluding hydrogens is 262 g/mol. The summed E-state index contributed by atoms with van der Waals surface area (Å²) in [6.07, 6.45) is 0. The van der Waals surface area contributed by atoms with Crippen molar-refractivity contribution in [2.45, 2.75) is 20.8 Å². The van der Waals surface area contributed by atoms with Gasteiger partial charge in [0.05, 0.1) is 17.3 Å². The smallest absolute Gasteiger partial charge is 0.242 e. The molecule has 0 aliphatic carbocycles. The minimum Gasteiger partial charge on any atom is -0.398 e. The molecule has 0 aliphatic rings. The number of likely N-dealkylation sites (N-methyl/N-ethyl adjacent to an activating group) is 2. The summed E-state index contributed by atoms with van der Waals surface area (Å²) in [7, 11) is 1.89. The van der Waals surface area contributed by atoms with Crippen molar-refractivity contribution >= 4 is 28.9 Å². The van der Waals surface area contributed by atoms with Gasteiger partial charge in [0.1, 0.15) is 0 Å². The number of nitrogens with two attached hydrogens (primary N) is 1. The van der Waals surface area contributed by atoms with Crippen LogP contribution in [-0.2, 0) is 4.79 Å². The Morgan fingerprint density at radius 1 is 1.32 bits per heavy atom. The van der Waals surface area contributed by atoms with Crippen molar-refractivity contribution < 1.29 is 4.79 Å². The van der Waals surface area contributed by atoms with Gasteiger partial charge in [0.2, 0.25) is 5.91 Å². The highest BCUT2D eigenvalue weighted by atomic mass is 35.5. The van der Waals surface area contributed by atoms with Gasteiger partial charge >= 0.3 is 0 Å². The lowest BCUT2D eigenvalue weighted by atomic mass is 10.1. The number of benzene rings is 1. The van der Waals surface area contributed by atoms with Crippen LogP contribution in [0.25, 0.3) is 0 Å². The number of hydrogen-bond acceptors (Lipinski definition) is 3. The molecule has 1 amide bonds. The quantitative estimate of drug-likeness (QED) is 0.845. The van der Waals surface area contributed by atoms with Crippen molar-refractivity contribution in [2.75, 3.05) is 37.3 Å². The second kappa shape index (κ2) is 6.66. The van der Waals surface area contributed by atoms with Gasteiger partial charge < -0.3 is 15.5 Å². The first-order valence-electron chi connectivity index (χ1n) is 6.45. The van der Waals surface area contributed by atoms with E-state index in [0.29, 0.717) is 17.3 Å². The maximum absolute atomic E-state index is 12.1. The van der Waals surface area contributed by atoms with E-state index >= 15 is 0 Å². The first-order chi connectivity index (χ1) is 8.90. The zero-order valence-corrected chi connectivity index (χ0v) is 12.8. The van der Waals surface area contributed by atoms with Crippen molar-refractivity contribution in [1.29, 1.82) is 0 Å². The van der Waals surface area contributed by atoms with Gasteiger partial charge in [0.15, 0.2) is 0 Å². The van der Waals surface area contributed by atoms with Gasteiger partial charge in [0, 0.05) is 25.8 Å². The molecule has 0 saturated carbocycles. The van der Waals surface area contributed by atoms with Gasteiger partial charge in [-0.15, -0.1) is 0 Å². The first-order valence-corrected chi connectivity index (χ1v) is 6.83. The van der Waals surface area contributed by atoms with Crippen LogP contribution in [-0.4, -0.2) is 37.5 Å². The molecule has 0 radical (unpaired) electrons. The number of nitrogen functional groups attached to an aromatic ring is 1. The molecule has 0 heterocycles. The third kappa shape index (κ3) is 3.77. The Kier molecular flexibility index (Phi) is 5.48. The van der Waals surface area contributed by atoms with Crippen LogP contribution in [0.4, 0.5) is 11.4 Å². The summed E-state index contributed by atoms with van der Waals surface area (Å²) in [5.74, 6) is 0.111. The zero-order valence-electron chi connectivity index (χ0n) is 12.0. The standard InChI is InChI=1S/C14H22ClN3O/c1-5-18(6-2)14(19)9-17(4)13-8-11(15)12(16)7-10(13)3/h7-8H,5-6,9,16H2,1-4H3. The predicted octanol–water partition coefficient (Wildman–Crippen LogP) is 2.54. The molecule has 0 saturated heterocycles. The predicted molar refractivity (Wildman–Crippen MR) is 81.8 cm³/mol. The SMILES string of the molecule is CCN(CC)C(=O)CN(C)c1cc(Cl)c(N)cc1C. The average Bonchev–Trinajstić information content (AvgIpc) is 2.35. The lowest BCUT2D eigenvalue weighted by Gasteiger charge is -2.25. The third-order valence-electron chi connectivity index (χ3n) is 3.22. The molecule has 0 fully saturated rings. The van der Waals surface area contributed by atoms with Crippen molar-refractivity contribution in [1.82, 2.24) is 4.90 Å². The number of aryl methyl sites for hydroxylation is 1. The second-order valence-electron chi connectivity index (χ2n) is 4.58. The number of halogens is 1. The first kappa shape index (κ1) is 15.6. The number of hydrogen-bond donors (Lipinski definition) is 1. The average molecular weight is 284 g/mol. The maximum atomic E-state index is 12.1. The highest BCUT2D eigenvalue weighted by Gasteiger charge is 2.15. The molecule has 19 heavy (non-hydrogen) atoms. The van der Waals surface area contributed by atoms with Gasteiger partial charge in [-0.3, -0.25) is 4.79 Å². The molecule has 5 heteroatoms. The topological polar surface area (TPSA) is 49.6 Å². The summed E-state index contributed by atoms with van der Waals surface area (Å²) in [5, 5.41) is 0.516. The second-order valence-corrected chi connectivity index (χ2v) is 4.99. The van der Waals surface area contributed by atoms with Gasteiger partial charge in [-0.25, -0.2) is 0 Å². The van der Waals surface area contributed by atoms with Crippen LogP contribution in [0, 0.1) is 6.92 Å². The molecule has 1 rings (SSSR count). The fraction of sp³-hybridized carbons (Fsp3) is 0.500.